The molecule has 0 aliphatic rings. The van der Waals surface area contributed by atoms with E-state index in [1.165, 1.54) is 28.0 Å². The third-order valence-corrected chi connectivity index (χ3v) is 9.59. The van der Waals surface area contributed by atoms with Crippen molar-refractivity contribution in [3.63, 3.8) is 0 Å². The van der Waals surface area contributed by atoms with Crippen molar-refractivity contribution in [1.29, 1.82) is 0 Å². The number of aromatic nitrogens is 1. The molecule has 4 heteroatoms. The topological polar surface area (TPSA) is 25.2 Å². The van der Waals surface area contributed by atoms with Crippen molar-refractivity contribution < 1.29 is 35.3 Å². The molecule has 0 atom stereocenters. The number of halogens is 1. The smallest absolute Gasteiger partial charge is 0.125 e. The summed E-state index contributed by atoms with van der Waals surface area (Å²) in [5, 5.41) is 13.3. The maximum absolute atomic E-state index is 15.6. The molecule has 0 fully saturated rings. The minimum Gasteiger partial charge on any atom is -0.507 e. The van der Waals surface area contributed by atoms with Gasteiger partial charge in [0.25, 0.3) is 0 Å². The number of aromatic hydroxyl groups is 1. The van der Waals surface area contributed by atoms with Gasteiger partial charge in [-0.05, 0) is 117 Å². The van der Waals surface area contributed by atoms with Gasteiger partial charge < -0.3 is 24.5 Å². The molecule has 0 unspecified atom stereocenters. The Morgan fingerprint density at radius 2 is 1.00 bits per heavy atom. The summed E-state index contributed by atoms with van der Waals surface area (Å²) >= 11 is 0. The molecule has 0 bridgehead atoms. The summed E-state index contributed by atoms with van der Waals surface area (Å²) in [6, 6.07) is 24.5. The number of hydrogen-bond acceptors (Lipinski definition) is 1. The first-order valence-corrected chi connectivity index (χ1v) is 17.2. The SMILES string of the molecule is CC(C)(C)CC(C)(C)c1ccc2c(c1)c1cc(C(C)(C)CC(C)(C)C)ccc1n2-c1cc(F)cc(-c2cc(C(C)(C)C)ccc2O)c1.[CH3-].[CH3-].[Hf]. The fourth-order valence-corrected chi connectivity index (χ4v) is 8.09. The Kier molecular flexibility index (Phi) is 12.8. The minimum absolute atomic E-state index is 0. The van der Waals surface area contributed by atoms with Gasteiger partial charge in [-0.15, -0.1) is 0 Å². The Morgan fingerprint density at radius 1 is 0.560 bits per heavy atom. The van der Waals surface area contributed by atoms with E-state index in [0.717, 1.165) is 35.1 Å². The fourth-order valence-electron chi connectivity index (χ4n) is 8.09. The van der Waals surface area contributed by atoms with Crippen LogP contribution in [0.15, 0.2) is 72.8 Å². The van der Waals surface area contributed by atoms with E-state index in [9.17, 15) is 5.11 Å². The van der Waals surface area contributed by atoms with Gasteiger partial charge in [0.15, 0.2) is 0 Å². The third kappa shape index (κ3) is 9.19. The molecule has 1 aromatic heterocycles. The number of hydrogen-bond donors (Lipinski definition) is 1. The summed E-state index contributed by atoms with van der Waals surface area (Å²) in [5.41, 5.74) is 8.04. The van der Waals surface area contributed by atoms with Crippen LogP contribution in [0.1, 0.15) is 120 Å². The van der Waals surface area contributed by atoms with E-state index in [2.05, 4.69) is 131 Å². The molecule has 0 amide bonds. The van der Waals surface area contributed by atoms with Gasteiger partial charge in [0.1, 0.15) is 11.6 Å². The van der Waals surface area contributed by atoms with E-state index < -0.39 is 0 Å². The summed E-state index contributed by atoms with van der Waals surface area (Å²) in [7, 11) is 0. The molecular weight excluding hydrogens is 780 g/mol. The first-order chi connectivity index (χ1) is 21.5. The van der Waals surface area contributed by atoms with Crippen LogP contribution in [0.25, 0.3) is 38.6 Å². The van der Waals surface area contributed by atoms with Crippen LogP contribution in [0.5, 0.6) is 5.75 Å². The Balaban J connectivity index is 0.00000289. The Labute approximate surface area is 322 Å². The molecule has 0 saturated carbocycles. The average Bonchev–Trinajstić information content (AvgIpc) is 3.23. The van der Waals surface area contributed by atoms with Gasteiger partial charge in [-0.1, -0.05) is 108 Å². The van der Waals surface area contributed by atoms with Crippen LogP contribution >= 0.6 is 0 Å². The second-order valence-electron chi connectivity index (χ2n) is 18.7. The molecule has 2 nitrogen and oxygen atoms in total. The molecule has 1 heterocycles. The van der Waals surface area contributed by atoms with Crippen molar-refractivity contribution >= 4 is 21.8 Å². The Morgan fingerprint density at radius 3 is 1.42 bits per heavy atom. The van der Waals surface area contributed by atoms with Crippen molar-refractivity contribution in [1.82, 2.24) is 4.57 Å². The summed E-state index contributed by atoms with van der Waals surface area (Å²) in [6.45, 7) is 29.6. The molecular formula is C46H62FHfNO-2. The van der Waals surface area contributed by atoms with Crippen LogP contribution < -0.4 is 0 Å². The number of phenols is 1. The van der Waals surface area contributed by atoms with E-state index in [1.54, 1.807) is 12.1 Å². The van der Waals surface area contributed by atoms with E-state index in [0.29, 0.717) is 11.1 Å². The van der Waals surface area contributed by atoms with Gasteiger partial charge in [0.2, 0.25) is 0 Å². The predicted octanol–water partition coefficient (Wildman–Crippen LogP) is 13.9. The van der Waals surface area contributed by atoms with Crippen molar-refractivity contribution in [2.75, 3.05) is 0 Å². The molecule has 0 spiro atoms. The number of fused-ring (bicyclic) bond motifs is 3. The number of rotatable bonds is 6. The second kappa shape index (κ2) is 14.7. The van der Waals surface area contributed by atoms with Crippen LogP contribution in [0.3, 0.4) is 0 Å². The molecule has 50 heavy (non-hydrogen) atoms. The van der Waals surface area contributed by atoms with Gasteiger partial charge in [-0.2, -0.15) is 0 Å². The molecule has 270 valence electrons. The molecule has 0 aliphatic carbocycles. The second-order valence-corrected chi connectivity index (χ2v) is 18.7. The molecule has 0 radical (unpaired) electrons. The van der Waals surface area contributed by atoms with Gasteiger partial charge in [-0.25, -0.2) is 4.39 Å². The maximum Gasteiger partial charge on any atom is 0.125 e. The summed E-state index contributed by atoms with van der Waals surface area (Å²) in [6.07, 6.45) is 2.11. The number of benzene rings is 4. The van der Waals surface area contributed by atoms with Crippen LogP contribution in [-0.4, -0.2) is 9.67 Å². The van der Waals surface area contributed by atoms with Crippen molar-refractivity contribution in [2.24, 2.45) is 10.8 Å². The van der Waals surface area contributed by atoms with Crippen LogP contribution in [-0.2, 0) is 42.1 Å². The predicted molar refractivity (Wildman–Crippen MR) is 214 cm³/mol. The maximum atomic E-state index is 15.6. The van der Waals surface area contributed by atoms with Crippen LogP contribution in [0.2, 0.25) is 0 Å². The van der Waals surface area contributed by atoms with E-state index >= 15 is 4.39 Å². The zero-order chi connectivity index (χ0) is 34.9. The number of phenolic OH excluding ortho intramolecular Hbond substituents is 1. The van der Waals surface area contributed by atoms with E-state index in [-0.39, 0.29) is 79.3 Å². The summed E-state index contributed by atoms with van der Waals surface area (Å²) < 4.78 is 17.8. The molecule has 0 aliphatic heterocycles. The van der Waals surface area contributed by atoms with Gasteiger partial charge in [0, 0.05) is 47.9 Å². The van der Waals surface area contributed by atoms with Crippen molar-refractivity contribution in [3.05, 3.63) is 110 Å². The number of nitrogens with zero attached hydrogens (tertiary/aromatic N) is 1. The Bertz CT molecular complexity index is 1870. The largest absolute Gasteiger partial charge is 0.507 e. The summed E-state index contributed by atoms with van der Waals surface area (Å²) in [5.74, 6) is -0.188. The zero-order valence-electron chi connectivity index (χ0n) is 33.6. The van der Waals surface area contributed by atoms with E-state index in [4.69, 9.17) is 0 Å². The van der Waals surface area contributed by atoms with Gasteiger partial charge >= 0.3 is 0 Å². The molecule has 4 aromatic carbocycles. The summed E-state index contributed by atoms with van der Waals surface area (Å²) in [4.78, 5) is 0. The molecule has 5 aromatic rings. The van der Waals surface area contributed by atoms with Gasteiger partial charge in [0.05, 0.1) is 11.0 Å². The van der Waals surface area contributed by atoms with Crippen molar-refractivity contribution in [2.45, 2.75) is 119 Å². The first kappa shape index (κ1) is 43.4. The Hall–Kier alpha value is -2.72. The van der Waals surface area contributed by atoms with Gasteiger partial charge in [-0.3, -0.25) is 0 Å². The zero-order valence-corrected chi connectivity index (χ0v) is 37.2. The molecule has 5 rings (SSSR count). The van der Waals surface area contributed by atoms with Crippen molar-refractivity contribution in [3.8, 4) is 22.6 Å². The van der Waals surface area contributed by atoms with Crippen LogP contribution in [0, 0.1) is 31.5 Å². The fraction of sp³-hybridized carbons (Fsp3) is 0.435. The standard InChI is InChI=1S/C44H56FNO.2CH3.Hf/c1-40(2,3)26-43(10,11)30-14-17-37-35(23-30)36-24-31(44(12,13)27-41(4,5)6)15-18-38(36)46(37)33-21-28(20-32(45)25-33)34-22-29(42(7,8)9)16-19-39(34)47;;;/h14-25,47H,26-27H2,1-13H3;2*1H3;/q;2*-1;. The normalized spacial score (nSPS) is 12.8. The monoisotopic (exact) mass is 843 g/mol. The van der Waals surface area contributed by atoms with Crippen LogP contribution in [0.4, 0.5) is 4.39 Å². The quantitative estimate of drug-likeness (QED) is 0.134. The van der Waals surface area contributed by atoms with E-state index in [1.807, 2.05) is 18.2 Å². The molecule has 1 N–H and O–H groups in total. The first-order valence-electron chi connectivity index (χ1n) is 17.2. The third-order valence-electron chi connectivity index (χ3n) is 9.59. The minimum atomic E-state index is -0.334. The molecule has 0 saturated heterocycles. The average molecular weight is 842 g/mol.